The van der Waals surface area contributed by atoms with Crippen LogP contribution in [0.1, 0.15) is 39.3 Å². The summed E-state index contributed by atoms with van der Waals surface area (Å²) in [5.41, 5.74) is 3.51. The largest absolute Gasteiger partial charge is 0.358 e. The number of rotatable bonds is 3. The zero-order valence-electron chi connectivity index (χ0n) is 15.9. The van der Waals surface area contributed by atoms with E-state index in [2.05, 4.69) is 15.6 Å². The summed E-state index contributed by atoms with van der Waals surface area (Å²) in [7, 11) is -3.10. The van der Waals surface area contributed by atoms with Crippen LogP contribution in [0, 0.1) is 19.7 Å². The van der Waals surface area contributed by atoms with Crippen LogP contribution in [0.15, 0.2) is 18.2 Å². The molecule has 3 N–H and O–H groups in total. The number of nitrogens with one attached hydrogen (secondary N) is 3. The number of carbonyl (C=O) groups is 2. The van der Waals surface area contributed by atoms with Crippen molar-refractivity contribution in [2.75, 3.05) is 16.8 Å². The van der Waals surface area contributed by atoms with Crippen molar-refractivity contribution in [3.05, 3.63) is 52.1 Å². The molecule has 9 heteroatoms. The molecule has 2 amide bonds. The van der Waals surface area contributed by atoms with Crippen molar-refractivity contribution in [3.63, 3.8) is 0 Å². The summed E-state index contributed by atoms with van der Waals surface area (Å²) in [6, 6.07) is 3.67. The average Bonchev–Trinajstić information content (AvgIpc) is 3.22. The highest BCUT2D eigenvalue weighted by molar-refractivity contribution is 7.91. The monoisotopic (exact) mass is 417 g/mol. The predicted octanol–water partition coefficient (Wildman–Crippen LogP) is 2.18. The number of aromatic nitrogens is 1. The Morgan fingerprint density at radius 2 is 2.07 bits per heavy atom. The zero-order valence-corrected chi connectivity index (χ0v) is 16.7. The summed E-state index contributed by atoms with van der Waals surface area (Å²) in [5.74, 6) is -1.13. The standard InChI is InChI=1S/C20H20FN3O4S/c1-10-17(8-15-14-7-12(21)3-4-16(14)24-19(15)25)22-11(2)18(10)20(26)23-13-5-6-29(27,28)9-13/h3-4,7-8,13,22H,5-6,9H2,1-2H3,(H,23,26)(H,24,25). The Hall–Kier alpha value is -2.94. The molecule has 3 heterocycles. The Morgan fingerprint density at radius 1 is 1.31 bits per heavy atom. The van der Waals surface area contributed by atoms with E-state index in [0.29, 0.717) is 45.8 Å². The van der Waals surface area contributed by atoms with Gasteiger partial charge in [0.1, 0.15) is 5.82 Å². The molecule has 2 aliphatic rings. The molecule has 0 radical (unpaired) electrons. The summed E-state index contributed by atoms with van der Waals surface area (Å²) < 4.78 is 36.9. The van der Waals surface area contributed by atoms with Crippen LogP contribution in [0.5, 0.6) is 0 Å². The number of fused-ring (bicyclic) bond motifs is 1. The lowest BCUT2D eigenvalue weighted by Gasteiger charge is -2.11. The van der Waals surface area contributed by atoms with Crippen molar-refractivity contribution in [2.45, 2.75) is 26.3 Å². The molecule has 1 aromatic carbocycles. The smallest absolute Gasteiger partial charge is 0.256 e. The van der Waals surface area contributed by atoms with Crippen LogP contribution in [0.2, 0.25) is 0 Å². The van der Waals surface area contributed by atoms with E-state index in [-0.39, 0.29) is 23.3 Å². The molecule has 1 aromatic heterocycles. The van der Waals surface area contributed by atoms with Gasteiger partial charge in [-0.15, -0.1) is 0 Å². The molecule has 0 saturated carbocycles. The number of hydrogen-bond acceptors (Lipinski definition) is 4. The van der Waals surface area contributed by atoms with Crippen molar-refractivity contribution in [1.29, 1.82) is 0 Å². The first kappa shape index (κ1) is 19.4. The minimum absolute atomic E-state index is 0.0549. The minimum atomic E-state index is -3.10. The van der Waals surface area contributed by atoms with E-state index >= 15 is 0 Å². The molecule has 152 valence electrons. The van der Waals surface area contributed by atoms with Gasteiger partial charge in [-0.2, -0.15) is 0 Å². The maximum atomic E-state index is 13.6. The number of carbonyl (C=O) groups excluding carboxylic acids is 2. The molecule has 7 nitrogen and oxygen atoms in total. The third-order valence-corrected chi connectivity index (χ3v) is 7.09. The van der Waals surface area contributed by atoms with Crippen molar-refractivity contribution < 1.29 is 22.4 Å². The molecule has 0 aliphatic carbocycles. The maximum absolute atomic E-state index is 13.6. The summed E-state index contributed by atoms with van der Waals surface area (Å²) in [6.07, 6.45) is 2.00. The van der Waals surface area contributed by atoms with E-state index in [0.717, 1.165) is 0 Å². The second-order valence-corrected chi connectivity index (χ2v) is 9.67. The molecule has 1 atom stereocenters. The van der Waals surface area contributed by atoms with E-state index in [4.69, 9.17) is 0 Å². The SMILES string of the molecule is Cc1[nH]c(C=C2C(=O)Nc3ccc(F)cc32)c(C)c1C(=O)NC1CCS(=O)(=O)C1. The van der Waals surface area contributed by atoms with Crippen LogP contribution in [-0.4, -0.2) is 42.8 Å². The molecule has 2 aliphatic heterocycles. The fourth-order valence-corrected chi connectivity index (χ4v) is 5.55. The first-order valence-electron chi connectivity index (χ1n) is 9.18. The molecule has 0 bridgehead atoms. The van der Waals surface area contributed by atoms with Crippen molar-refractivity contribution in [2.24, 2.45) is 0 Å². The number of aryl methyl sites for hydroxylation is 1. The van der Waals surface area contributed by atoms with Crippen molar-refractivity contribution >= 4 is 39.0 Å². The van der Waals surface area contributed by atoms with E-state index in [9.17, 15) is 22.4 Å². The average molecular weight is 417 g/mol. The molecule has 1 saturated heterocycles. The van der Waals surface area contributed by atoms with Crippen molar-refractivity contribution in [3.8, 4) is 0 Å². The fraction of sp³-hybridized carbons (Fsp3) is 0.300. The number of aromatic amines is 1. The molecular weight excluding hydrogens is 397 g/mol. The molecule has 1 unspecified atom stereocenters. The van der Waals surface area contributed by atoms with Crippen LogP contribution < -0.4 is 10.6 Å². The lowest BCUT2D eigenvalue weighted by Crippen LogP contribution is -2.36. The van der Waals surface area contributed by atoms with Gasteiger partial charge in [0.2, 0.25) is 0 Å². The number of amides is 2. The minimum Gasteiger partial charge on any atom is -0.358 e. The number of anilines is 1. The van der Waals surface area contributed by atoms with Gasteiger partial charge in [0.15, 0.2) is 9.84 Å². The normalized spacial score (nSPS) is 21.3. The first-order valence-corrected chi connectivity index (χ1v) is 11.0. The van der Waals surface area contributed by atoms with Crippen molar-refractivity contribution in [1.82, 2.24) is 10.3 Å². The Kier molecular flexibility index (Phi) is 4.57. The quantitative estimate of drug-likeness (QED) is 0.665. The van der Waals surface area contributed by atoms with Gasteiger partial charge in [-0.1, -0.05) is 0 Å². The van der Waals surface area contributed by atoms with Crippen LogP contribution in [0.4, 0.5) is 10.1 Å². The number of benzene rings is 1. The van der Waals surface area contributed by atoms with Crippen LogP contribution in [0.3, 0.4) is 0 Å². The van der Waals surface area contributed by atoms with Gasteiger partial charge in [0, 0.05) is 28.7 Å². The van der Waals surface area contributed by atoms with E-state index in [1.54, 1.807) is 19.9 Å². The molecule has 1 fully saturated rings. The summed E-state index contributed by atoms with van der Waals surface area (Å²) in [4.78, 5) is 28.2. The van der Waals surface area contributed by atoms with Gasteiger partial charge >= 0.3 is 0 Å². The van der Waals surface area contributed by atoms with E-state index < -0.39 is 21.7 Å². The first-order chi connectivity index (χ1) is 13.6. The molecule has 0 spiro atoms. The van der Waals surface area contributed by atoms with Crippen LogP contribution in [0.25, 0.3) is 11.6 Å². The Labute approximate surface area is 167 Å². The number of hydrogen-bond donors (Lipinski definition) is 3. The van der Waals surface area contributed by atoms with Gasteiger partial charge in [-0.3, -0.25) is 9.59 Å². The number of H-pyrrole nitrogens is 1. The van der Waals surface area contributed by atoms with Gasteiger partial charge in [0.05, 0.1) is 22.6 Å². The predicted molar refractivity (Wildman–Crippen MR) is 108 cm³/mol. The molecular formula is C20H20FN3O4S. The van der Waals surface area contributed by atoms with Gasteiger partial charge in [-0.25, -0.2) is 12.8 Å². The Morgan fingerprint density at radius 3 is 2.76 bits per heavy atom. The lowest BCUT2D eigenvalue weighted by molar-refractivity contribution is -0.110. The Balaban J connectivity index is 1.65. The third kappa shape index (κ3) is 3.57. The lowest BCUT2D eigenvalue weighted by atomic mass is 10.0. The summed E-state index contributed by atoms with van der Waals surface area (Å²) >= 11 is 0. The topological polar surface area (TPSA) is 108 Å². The maximum Gasteiger partial charge on any atom is 0.256 e. The second-order valence-electron chi connectivity index (χ2n) is 7.44. The molecule has 4 rings (SSSR count). The highest BCUT2D eigenvalue weighted by atomic mass is 32.2. The number of sulfone groups is 1. The van der Waals surface area contributed by atoms with Gasteiger partial charge in [-0.05, 0) is 50.1 Å². The Bertz CT molecular complexity index is 1180. The van der Waals surface area contributed by atoms with E-state index in [1.165, 1.54) is 18.2 Å². The number of halogens is 1. The molecule has 29 heavy (non-hydrogen) atoms. The highest BCUT2D eigenvalue weighted by Gasteiger charge is 2.31. The fourth-order valence-electron chi connectivity index (χ4n) is 3.87. The van der Waals surface area contributed by atoms with Gasteiger partial charge in [0.25, 0.3) is 11.8 Å². The highest BCUT2D eigenvalue weighted by Crippen LogP contribution is 2.34. The zero-order chi connectivity index (χ0) is 20.9. The summed E-state index contributed by atoms with van der Waals surface area (Å²) in [6.45, 7) is 3.48. The summed E-state index contributed by atoms with van der Waals surface area (Å²) in [5, 5.41) is 5.47. The molecule has 2 aromatic rings. The van der Waals surface area contributed by atoms with E-state index in [1.807, 2.05) is 0 Å². The van der Waals surface area contributed by atoms with Gasteiger partial charge < -0.3 is 15.6 Å². The second kappa shape index (κ2) is 6.84. The third-order valence-electron chi connectivity index (χ3n) is 5.32. The van der Waals surface area contributed by atoms with Crippen LogP contribution >= 0.6 is 0 Å². The van der Waals surface area contributed by atoms with Crippen LogP contribution in [-0.2, 0) is 14.6 Å².